The number of hydrogen-bond acceptors (Lipinski definition) is 4. The minimum atomic E-state index is 0. The number of thiophene rings is 1. The molecule has 166 valence electrons. The van der Waals surface area contributed by atoms with E-state index in [2.05, 4.69) is 34.7 Å². The van der Waals surface area contributed by atoms with Crippen molar-refractivity contribution in [3.8, 4) is 0 Å². The summed E-state index contributed by atoms with van der Waals surface area (Å²) >= 11 is 1.84. The molecule has 1 aromatic heterocycles. The van der Waals surface area contributed by atoms with E-state index in [9.17, 15) is 4.79 Å². The van der Waals surface area contributed by atoms with Crippen molar-refractivity contribution in [2.45, 2.75) is 40.2 Å². The Hall–Kier alpha value is -0.870. The Labute approximate surface area is 197 Å². The lowest BCUT2D eigenvalue weighted by molar-refractivity contribution is -0.131. The quantitative estimate of drug-likeness (QED) is 0.300. The number of amides is 1. The summed E-state index contributed by atoms with van der Waals surface area (Å²) in [4.78, 5) is 25.1. The number of piperidine rings is 1. The molecule has 1 aliphatic rings. The zero-order valence-electron chi connectivity index (χ0n) is 18.4. The molecule has 1 amide bonds. The Morgan fingerprint density at radius 1 is 1.34 bits per heavy atom. The van der Waals surface area contributed by atoms with Gasteiger partial charge in [-0.05, 0) is 57.5 Å². The molecular weight excluding hydrogens is 497 g/mol. The van der Waals surface area contributed by atoms with Gasteiger partial charge in [0.25, 0.3) is 0 Å². The summed E-state index contributed by atoms with van der Waals surface area (Å²) in [5.74, 6) is 1.56. The highest BCUT2D eigenvalue weighted by molar-refractivity contribution is 14.0. The van der Waals surface area contributed by atoms with Gasteiger partial charge in [-0.3, -0.25) is 14.7 Å². The Bertz CT molecular complexity index is 606. The van der Waals surface area contributed by atoms with Crippen LogP contribution in [0.2, 0.25) is 0 Å². The van der Waals surface area contributed by atoms with Gasteiger partial charge in [0.05, 0.1) is 6.54 Å². The second-order valence-electron chi connectivity index (χ2n) is 7.44. The maximum absolute atomic E-state index is 12.4. The second kappa shape index (κ2) is 14.2. The van der Waals surface area contributed by atoms with Crippen LogP contribution in [0.5, 0.6) is 0 Å². The topological polar surface area (TPSA) is 51.2 Å². The molecule has 1 N–H and O–H groups in total. The van der Waals surface area contributed by atoms with Crippen molar-refractivity contribution in [2.24, 2.45) is 10.9 Å². The van der Waals surface area contributed by atoms with Crippen molar-refractivity contribution in [3.05, 3.63) is 22.4 Å². The molecule has 1 fully saturated rings. The fourth-order valence-electron chi connectivity index (χ4n) is 3.71. The van der Waals surface area contributed by atoms with E-state index in [1.165, 1.54) is 24.3 Å². The number of guanidine groups is 1. The molecule has 0 aromatic carbocycles. The highest BCUT2D eigenvalue weighted by Crippen LogP contribution is 2.20. The third-order valence-electron chi connectivity index (χ3n) is 5.25. The number of nitrogens with zero attached hydrogens (tertiary/aromatic N) is 4. The Kier molecular flexibility index (Phi) is 12.8. The fourth-order valence-corrected chi connectivity index (χ4v) is 4.45. The summed E-state index contributed by atoms with van der Waals surface area (Å²) in [5.41, 5.74) is 0. The molecule has 0 aliphatic carbocycles. The molecule has 0 radical (unpaired) electrons. The average Bonchev–Trinajstić information content (AvgIpc) is 3.19. The van der Waals surface area contributed by atoms with Gasteiger partial charge in [-0.1, -0.05) is 6.07 Å². The number of aliphatic imine (C=N–C) groups is 1. The van der Waals surface area contributed by atoms with Crippen LogP contribution in [0.1, 0.15) is 38.5 Å². The normalized spacial score (nSPS) is 17.5. The molecule has 1 aromatic rings. The Morgan fingerprint density at radius 3 is 2.72 bits per heavy atom. The van der Waals surface area contributed by atoms with Crippen LogP contribution >= 0.6 is 35.3 Å². The molecule has 0 bridgehead atoms. The van der Waals surface area contributed by atoms with Gasteiger partial charge in [0.15, 0.2) is 5.96 Å². The first-order valence-corrected chi connectivity index (χ1v) is 11.5. The van der Waals surface area contributed by atoms with Gasteiger partial charge >= 0.3 is 0 Å². The summed E-state index contributed by atoms with van der Waals surface area (Å²) in [7, 11) is 1.95. The molecule has 29 heavy (non-hydrogen) atoms. The third kappa shape index (κ3) is 8.80. The molecular formula is C21H38IN5OS. The first kappa shape index (κ1) is 26.2. The van der Waals surface area contributed by atoms with Crippen LogP contribution in [0.25, 0.3) is 0 Å². The molecule has 1 unspecified atom stereocenters. The van der Waals surface area contributed by atoms with E-state index in [1.807, 2.05) is 42.0 Å². The SMILES string of the molecule is CCNC(=NCC1CCCN(Cc2cccs2)C1)N(C)CC(=O)N(CC)CC.I. The molecule has 2 heterocycles. The summed E-state index contributed by atoms with van der Waals surface area (Å²) in [5, 5.41) is 5.49. The molecule has 1 saturated heterocycles. The van der Waals surface area contributed by atoms with Crippen LogP contribution in [-0.2, 0) is 11.3 Å². The number of carbonyl (C=O) groups is 1. The number of carbonyl (C=O) groups excluding carboxylic acids is 1. The molecule has 2 rings (SSSR count). The predicted molar refractivity (Wildman–Crippen MR) is 134 cm³/mol. The van der Waals surface area contributed by atoms with Gasteiger partial charge in [0.1, 0.15) is 0 Å². The van der Waals surface area contributed by atoms with Gasteiger partial charge < -0.3 is 15.1 Å². The van der Waals surface area contributed by atoms with Crippen LogP contribution in [0.15, 0.2) is 22.5 Å². The second-order valence-corrected chi connectivity index (χ2v) is 8.47. The number of nitrogens with one attached hydrogen (secondary N) is 1. The van der Waals surface area contributed by atoms with Gasteiger partial charge in [-0.15, -0.1) is 35.3 Å². The zero-order chi connectivity index (χ0) is 20.4. The van der Waals surface area contributed by atoms with E-state index in [1.54, 1.807) is 0 Å². The van der Waals surface area contributed by atoms with E-state index < -0.39 is 0 Å². The lowest BCUT2D eigenvalue weighted by atomic mass is 9.98. The Balaban J connectivity index is 0.00000420. The van der Waals surface area contributed by atoms with Gasteiger partial charge in [-0.2, -0.15) is 0 Å². The fraction of sp³-hybridized carbons (Fsp3) is 0.714. The van der Waals surface area contributed by atoms with E-state index in [4.69, 9.17) is 4.99 Å². The molecule has 6 nitrogen and oxygen atoms in total. The minimum Gasteiger partial charge on any atom is -0.357 e. The van der Waals surface area contributed by atoms with Gasteiger partial charge in [0.2, 0.25) is 5.91 Å². The number of likely N-dealkylation sites (tertiary alicyclic amines) is 1. The van der Waals surface area contributed by atoms with Crippen LogP contribution in [0.3, 0.4) is 0 Å². The minimum absolute atomic E-state index is 0. The third-order valence-corrected chi connectivity index (χ3v) is 6.11. The Morgan fingerprint density at radius 2 is 2.10 bits per heavy atom. The van der Waals surface area contributed by atoms with E-state index >= 15 is 0 Å². The van der Waals surface area contributed by atoms with Crippen LogP contribution in [-0.4, -0.2) is 79.4 Å². The van der Waals surface area contributed by atoms with Gasteiger partial charge in [0, 0.05) is 51.2 Å². The summed E-state index contributed by atoms with van der Waals surface area (Å²) in [6, 6.07) is 4.35. The van der Waals surface area contributed by atoms with Crippen LogP contribution in [0.4, 0.5) is 0 Å². The average molecular weight is 536 g/mol. The molecule has 1 aliphatic heterocycles. The highest BCUT2D eigenvalue weighted by Gasteiger charge is 2.21. The smallest absolute Gasteiger partial charge is 0.242 e. The monoisotopic (exact) mass is 535 g/mol. The standard InChI is InChI=1S/C21H37N5OS.HI/c1-5-22-21(24(4)17-20(27)26(6-2)7-3)23-14-18-10-8-12-25(15-18)16-19-11-9-13-28-19;/h9,11,13,18H,5-8,10,12,14-17H2,1-4H3,(H,22,23);1H. The lowest BCUT2D eigenvalue weighted by Crippen LogP contribution is -2.46. The maximum atomic E-state index is 12.4. The first-order chi connectivity index (χ1) is 13.6. The zero-order valence-corrected chi connectivity index (χ0v) is 21.5. The van der Waals surface area contributed by atoms with Crippen molar-refractivity contribution in [1.29, 1.82) is 0 Å². The van der Waals surface area contributed by atoms with E-state index in [0.29, 0.717) is 12.5 Å². The molecule has 0 spiro atoms. The van der Waals surface area contributed by atoms with Crippen LogP contribution in [0, 0.1) is 5.92 Å². The van der Waals surface area contributed by atoms with Crippen molar-refractivity contribution in [2.75, 3.05) is 52.9 Å². The van der Waals surface area contributed by atoms with Crippen molar-refractivity contribution in [1.82, 2.24) is 20.0 Å². The molecule has 0 saturated carbocycles. The predicted octanol–water partition coefficient (Wildman–Crippen LogP) is 3.34. The van der Waals surface area contributed by atoms with Gasteiger partial charge in [-0.25, -0.2) is 0 Å². The van der Waals surface area contributed by atoms with Crippen molar-refractivity contribution >= 4 is 47.2 Å². The number of halogens is 1. The van der Waals surface area contributed by atoms with Crippen molar-refractivity contribution in [3.63, 3.8) is 0 Å². The summed E-state index contributed by atoms with van der Waals surface area (Å²) < 4.78 is 0. The van der Waals surface area contributed by atoms with Crippen molar-refractivity contribution < 1.29 is 4.79 Å². The summed E-state index contributed by atoms with van der Waals surface area (Å²) in [6.45, 7) is 12.9. The first-order valence-electron chi connectivity index (χ1n) is 10.6. The number of hydrogen-bond donors (Lipinski definition) is 1. The maximum Gasteiger partial charge on any atom is 0.242 e. The lowest BCUT2D eigenvalue weighted by Gasteiger charge is -2.32. The number of likely N-dealkylation sites (N-methyl/N-ethyl adjacent to an activating group) is 2. The van der Waals surface area contributed by atoms with E-state index in [0.717, 1.165) is 45.2 Å². The van der Waals surface area contributed by atoms with E-state index in [-0.39, 0.29) is 29.9 Å². The molecule has 1 atom stereocenters. The largest absolute Gasteiger partial charge is 0.357 e. The highest BCUT2D eigenvalue weighted by atomic mass is 127. The summed E-state index contributed by atoms with van der Waals surface area (Å²) in [6.07, 6.45) is 2.46. The number of rotatable bonds is 9. The van der Waals surface area contributed by atoms with Crippen LogP contribution < -0.4 is 5.32 Å². The molecule has 8 heteroatoms.